The second-order valence-corrected chi connectivity index (χ2v) is 12.6. The van der Waals surface area contributed by atoms with Crippen LogP contribution in [0.3, 0.4) is 0 Å². The van der Waals surface area contributed by atoms with E-state index in [1.54, 1.807) is 0 Å². The van der Waals surface area contributed by atoms with E-state index in [-0.39, 0.29) is 30.4 Å². The van der Waals surface area contributed by atoms with Gasteiger partial charge in [0, 0.05) is 37.1 Å². The van der Waals surface area contributed by atoms with Gasteiger partial charge in [-0.2, -0.15) is 11.8 Å². The van der Waals surface area contributed by atoms with E-state index in [1.807, 2.05) is 51.9 Å². The van der Waals surface area contributed by atoms with Crippen molar-refractivity contribution in [2.45, 2.75) is 43.3 Å². The van der Waals surface area contributed by atoms with Gasteiger partial charge in [-0.15, -0.1) is 0 Å². The lowest BCUT2D eigenvalue weighted by Crippen LogP contribution is -2.63. The van der Waals surface area contributed by atoms with Crippen LogP contribution in [0.4, 0.5) is 11.4 Å². The van der Waals surface area contributed by atoms with Crippen molar-refractivity contribution in [1.29, 1.82) is 0 Å². The lowest BCUT2D eigenvalue weighted by molar-refractivity contribution is -0.147. The number of hydrogen-bond acceptors (Lipinski definition) is 6. The summed E-state index contributed by atoms with van der Waals surface area (Å²) < 4.78 is 5.47. The number of amides is 2. The quantitative estimate of drug-likeness (QED) is 0.459. The first-order chi connectivity index (χ1) is 19.5. The average Bonchev–Trinajstić information content (AvgIpc) is 3.76. The molecule has 1 saturated carbocycles. The van der Waals surface area contributed by atoms with E-state index in [4.69, 9.17) is 17.0 Å². The molecule has 10 heteroatoms. The van der Waals surface area contributed by atoms with Gasteiger partial charge < -0.3 is 30.1 Å². The van der Waals surface area contributed by atoms with E-state index >= 15 is 0 Å². The molecule has 0 bridgehead atoms. The van der Waals surface area contributed by atoms with Gasteiger partial charge in [0.2, 0.25) is 11.8 Å². The number of benzene rings is 2. The van der Waals surface area contributed by atoms with Gasteiger partial charge >= 0.3 is 0 Å². The predicted molar refractivity (Wildman–Crippen MR) is 164 cm³/mol. The first kappa shape index (κ1) is 27.4. The summed E-state index contributed by atoms with van der Waals surface area (Å²) in [5, 5.41) is 7.16. The molecule has 2 aromatic rings. The van der Waals surface area contributed by atoms with Gasteiger partial charge in [0.05, 0.1) is 25.8 Å². The van der Waals surface area contributed by atoms with Crippen LogP contribution in [-0.2, 0) is 14.3 Å². The van der Waals surface area contributed by atoms with Crippen molar-refractivity contribution in [2.75, 3.05) is 61.1 Å². The molecule has 2 aromatic carbocycles. The molecule has 4 aliphatic rings. The number of thioether (sulfide) groups is 1. The highest BCUT2D eigenvalue weighted by atomic mass is 32.2. The van der Waals surface area contributed by atoms with E-state index in [0.29, 0.717) is 24.5 Å². The molecular formula is C30H37N5O3S2. The third-order valence-electron chi connectivity index (χ3n) is 8.40. The number of rotatable bonds is 8. The fraction of sp³-hybridized carbons (Fsp3) is 0.500. The van der Waals surface area contributed by atoms with Crippen LogP contribution < -0.4 is 15.5 Å². The number of thiocarbonyl (C=S) groups is 1. The molecule has 4 fully saturated rings. The zero-order valence-electron chi connectivity index (χ0n) is 22.7. The fourth-order valence-electron chi connectivity index (χ4n) is 6.07. The number of carbonyl (C=O) groups excluding carboxylic acids is 2. The summed E-state index contributed by atoms with van der Waals surface area (Å²) >= 11 is 7.49. The number of morpholine rings is 1. The van der Waals surface area contributed by atoms with Crippen LogP contribution in [0.25, 0.3) is 0 Å². The summed E-state index contributed by atoms with van der Waals surface area (Å²) in [7, 11) is 0. The molecule has 3 aliphatic heterocycles. The molecule has 0 unspecified atom stereocenters. The summed E-state index contributed by atoms with van der Waals surface area (Å²) in [6.45, 7) is 4.02. The van der Waals surface area contributed by atoms with Crippen molar-refractivity contribution >= 4 is 52.3 Å². The Kier molecular flexibility index (Phi) is 8.18. The molecule has 3 saturated heterocycles. The summed E-state index contributed by atoms with van der Waals surface area (Å²) in [4.78, 5) is 34.3. The molecule has 2 N–H and O–H groups in total. The van der Waals surface area contributed by atoms with E-state index in [2.05, 4.69) is 39.8 Å². The first-order valence-corrected chi connectivity index (χ1v) is 15.8. The van der Waals surface area contributed by atoms with Crippen LogP contribution >= 0.6 is 24.0 Å². The van der Waals surface area contributed by atoms with Gasteiger partial charge in [-0.25, -0.2) is 0 Å². The van der Waals surface area contributed by atoms with E-state index in [0.717, 1.165) is 67.6 Å². The van der Waals surface area contributed by atoms with Gasteiger partial charge in [-0.05, 0) is 79.2 Å². The molecule has 3 heterocycles. The largest absolute Gasteiger partial charge is 0.378 e. The summed E-state index contributed by atoms with van der Waals surface area (Å²) in [5.41, 5.74) is 2.20. The van der Waals surface area contributed by atoms with Crippen LogP contribution in [0.5, 0.6) is 0 Å². The van der Waals surface area contributed by atoms with Gasteiger partial charge in [-0.3, -0.25) is 9.59 Å². The Labute approximate surface area is 245 Å². The number of nitrogens with one attached hydrogen (secondary N) is 2. The van der Waals surface area contributed by atoms with Gasteiger partial charge in [0.15, 0.2) is 5.11 Å². The number of ether oxygens (including phenoxy) is 1. The molecule has 0 radical (unpaired) electrons. The monoisotopic (exact) mass is 579 g/mol. The average molecular weight is 580 g/mol. The molecule has 0 aromatic heterocycles. The lowest BCUT2D eigenvalue weighted by Gasteiger charge is -2.45. The highest BCUT2D eigenvalue weighted by Crippen LogP contribution is 2.41. The third-order valence-corrected chi connectivity index (χ3v) is 9.76. The van der Waals surface area contributed by atoms with Crippen LogP contribution in [-0.4, -0.2) is 89.2 Å². The zero-order chi connectivity index (χ0) is 27.5. The summed E-state index contributed by atoms with van der Waals surface area (Å²) in [6.07, 6.45) is 3.20. The van der Waals surface area contributed by atoms with Crippen molar-refractivity contribution in [3.8, 4) is 0 Å². The maximum atomic E-state index is 14.1. The topological polar surface area (TPSA) is 77.2 Å². The van der Waals surface area contributed by atoms with Crippen molar-refractivity contribution in [1.82, 2.24) is 15.1 Å². The van der Waals surface area contributed by atoms with E-state index in [9.17, 15) is 9.59 Å². The smallest absolute Gasteiger partial charge is 0.250 e. The fourth-order valence-corrected chi connectivity index (χ4v) is 7.52. The minimum absolute atomic E-state index is 0.00919. The highest BCUT2D eigenvalue weighted by Gasteiger charge is 2.52. The Morgan fingerprint density at radius 3 is 2.42 bits per heavy atom. The molecule has 8 nitrogen and oxygen atoms in total. The van der Waals surface area contributed by atoms with E-state index < -0.39 is 5.54 Å². The Morgan fingerprint density at radius 1 is 1.05 bits per heavy atom. The Balaban J connectivity index is 1.17. The Hall–Kier alpha value is -2.82. The normalized spacial score (nSPS) is 22.5. The van der Waals surface area contributed by atoms with Crippen molar-refractivity contribution < 1.29 is 14.3 Å². The molecule has 212 valence electrons. The van der Waals surface area contributed by atoms with Crippen molar-refractivity contribution in [3.63, 3.8) is 0 Å². The molecular weight excluding hydrogens is 542 g/mol. The Morgan fingerprint density at radius 2 is 1.75 bits per heavy atom. The second-order valence-electron chi connectivity index (χ2n) is 11.0. The molecule has 6 rings (SSSR count). The molecule has 2 amide bonds. The standard InChI is InChI=1S/C30H37N5O3S2/c36-27(21-34-20-26(32-29(34)39)22-4-2-1-3-5-22)35(25-10-11-25)30(12-18-40-19-13-30)28(37)31-23-6-8-24(9-7-23)33-14-16-38-17-15-33/h1-9,25-26H,10-21H2,(H,31,37)(H,32,39)/t26-/m1/s1. The number of anilines is 2. The van der Waals surface area contributed by atoms with Crippen molar-refractivity contribution in [2.24, 2.45) is 0 Å². The predicted octanol–water partition coefficient (Wildman–Crippen LogP) is 3.65. The number of carbonyl (C=O) groups is 2. The lowest BCUT2D eigenvalue weighted by atomic mass is 9.87. The molecule has 0 spiro atoms. The molecule has 1 aliphatic carbocycles. The Bertz CT molecular complexity index is 1210. The number of hydrogen-bond donors (Lipinski definition) is 2. The van der Waals surface area contributed by atoms with Gasteiger partial charge in [0.1, 0.15) is 5.54 Å². The summed E-state index contributed by atoms with van der Waals surface area (Å²) in [6, 6.07) is 18.4. The van der Waals surface area contributed by atoms with Crippen LogP contribution in [0.15, 0.2) is 54.6 Å². The van der Waals surface area contributed by atoms with Gasteiger partial charge in [-0.1, -0.05) is 30.3 Å². The van der Waals surface area contributed by atoms with Crippen LogP contribution in [0, 0.1) is 0 Å². The number of nitrogens with zero attached hydrogens (tertiary/aromatic N) is 3. The zero-order valence-corrected chi connectivity index (χ0v) is 24.4. The van der Waals surface area contributed by atoms with Gasteiger partial charge in [0.25, 0.3) is 0 Å². The minimum atomic E-state index is -0.847. The summed E-state index contributed by atoms with van der Waals surface area (Å²) in [5.74, 6) is 1.64. The third kappa shape index (κ3) is 5.80. The molecule has 1 atom stereocenters. The first-order valence-electron chi connectivity index (χ1n) is 14.3. The van der Waals surface area contributed by atoms with E-state index in [1.165, 1.54) is 0 Å². The maximum Gasteiger partial charge on any atom is 0.250 e. The van der Waals surface area contributed by atoms with Crippen LogP contribution in [0.2, 0.25) is 0 Å². The van der Waals surface area contributed by atoms with Crippen molar-refractivity contribution in [3.05, 3.63) is 60.2 Å². The second kappa shape index (κ2) is 12.0. The van der Waals surface area contributed by atoms with Crippen LogP contribution in [0.1, 0.15) is 37.3 Å². The SMILES string of the molecule is O=C(CN1C[C@H](c2ccccc2)NC1=S)N(C1CC1)C1(C(=O)Nc2ccc(N3CCOCC3)cc2)CCSCC1. The molecule has 40 heavy (non-hydrogen) atoms. The minimum Gasteiger partial charge on any atom is -0.378 e. The maximum absolute atomic E-state index is 14.1. The highest BCUT2D eigenvalue weighted by molar-refractivity contribution is 7.99.